The lowest BCUT2D eigenvalue weighted by Gasteiger charge is -2.13. The molecule has 0 aliphatic carbocycles. The second-order valence-corrected chi connectivity index (χ2v) is 8.25. The Morgan fingerprint density at radius 1 is 0.971 bits per heavy atom. The van der Waals surface area contributed by atoms with Crippen molar-refractivity contribution in [2.45, 2.75) is 26.7 Å². The first-order valence-corrected chi connectivity index (χ1v) is 11.2. The van der Waals surface area contributed by atoms with Gasteiger partial charge < -0.3 is 14.6 Å². The van der Waals surface area contributed by atoms with Crippen molar-refractivity contribution in [1.82, 2.24) is 5.16 Å². The number of aromatic nitrogens is 1. The molecule has 34 heavy (non-hydrogen) atoms. The van der Waals surface area contributed by atoms with Crippen molar-refractivity contribution in [2.75, 3.05) is 5.32 Å². The van der Waals surface area contributed by atoms with Crippen molar-refractivity contribution in [3.8, 4) is 11.5 Å². The second kappa shape index (κ2) is 10.4. The number of hydrogen-bond acceptors (Lipinski definition) is 5. The van der Waals surface area contributed by atoms with Crippen LogP contribution in [-0.2, 0) is 11.2 Å². The number of halogens is 1. The molecule has 4 rings (SSSR count). The molecule has 0 saturated heterocycles. The van der Waals surface area contributed by atoms with Crippen LogP contribution in [0.15, 0.2) is 77.3 Å². The molecule has 1 aromatic heterocycles. The molecule has 0 atom stereocenters. The highest BCUT2D eigenvalue weighted by Crippen LogP contribution is 2.32. The van der Waals surface area contributed by atoms with Crippen LogP contribution in [0.4, 0.5) is 5.69 Å². The predicted octanol–water partition coefficient (Wildman–Crippen LogP) is 6.54. The van der Waals surface area contributed by atoms with E-state index < -0.39 is 0 Å². The minimum Gasteiger partial charge on any atom is -0.455 e. The summed E-state index contributed by atoms with van der Waals surface area (Å²) in [5.74, 6) is 1.43. The SMILES string of the molecule is Cc1noc(C)c1CCC(=O)Nc1cc(Cl)ccc1Oc1ccc(C(=O)c2ccccc2)cc1. The number of carbonyl (C=O) groups excluding carboxylic acids is 2. The molecular formula is C27H23ClN2O4. The average Bonchev–Trinajstić information content (AvgIpc) is 3.17. The van der Waals surface area contributed by atoms with E-state index in [4.69, 9.17) is 20.9 Å². The molecule has 0 saturated carbocycles. The third-order valence-electron chi connectivity index (χ3n) is 5.38. The number of amides is 1. The Hall–Kier alpha value is -3.90. The summed E-state index contributed by atoms with van der Waals surface area (Å²) in [6, 6.07) is 20.9. The van der Waals surface area contributed by atoms with Crippen molar-refractivity contribution in [3.05, 3.63) is 106 Å². The number of nitrogens with zero attached hydrogens (tertiary/aromatic N) is 1. The van der Waals surface area contributed by atoms with E-state index in [0.29, 0.717) is 45.5 Å². The van der Waals surface area contributed by atoms with E-state index in [1.807, 2.05) is 32.0 Å². The Kier molecular flexibility index (Phi) is 7.09. The topological polar surface area (TPSA) is 81.4 Å². The van der Waals surface area contributed by atoms with Gasteiger partial charge in [0.15, 0.2) is 11.5 Å². The Labute approximate surface area is 202 Å². The normalized spacial score (nSPS) is 10.7. The number of aryl methyl sites for hydroxylation is 2. The first-order chi connectivity index (χ1) is 16.4. The van der Waals surface area contributed by atoms with Gasteiger partial charge in [-0.3, -0.25) is 9.59 Å². The Bertz CT molecular complexity index is 1290. The van der Waals surface area contributed by atoms with Gasteiger partial charge in [-0.25, -0.2) is 0 Å². The molecule has 172 valence electrons. The molecule has 4 aromatic rings. The fraction of sp³-hybridized carbons (Fsp3) is 0.148. The third kappa shape index (κ3) is 5.53. The lowest BCUT2D eigenvalue weighted by Crippen LogP contribution is -2.13. The van der Waals surface area contributed by atoms with Crippen molar-refractivity contribution < 1.29 is 18.8 Å². The molecule has 6 nitrogen and oxygen atoms in total. The van der Waals surface area contributed by atoms with Gasteiger partial charge in [-0.05, 0) is 62.7 Å². The Morgan fingerprint density at radius 2 is 1.68 bits per heavy atom. The van der Waals surface area contributed by atoms with Crippen molar-refractivity contribution in [1.29, 1.82) is 0 Å². The van der Waals surface area contributed by atoms with Gasteiger partial charge in [0, 0.05) is 28.1 Å². The minimum atomic E-state index is -0.184. The van der Waals surface area contributed by atoms with E-state index in [1.54, 1.807) is 54.6 Å². The summed E-state index contributed by atoms with van der Waals surface area (Å²) in [5.41, 5.74) is 3.35. The van der Waals surface area contributed by atoms with Gasteiger partial charge in [0.05, 0.1) is 11.4 Å². The highest BCUT2D eigenvalue weighted by atomic mass is 35.5. The zero-order valence-electron chi connectivity index (χ0n) is 18.8. The summed E-state index contributed by atoms with van der Waals surface area (Å²) >= 11 is 6.15. The van der Waals surface area contributed by atoms with Crippen LogP contribution in [0.5, 0.6) is 11.5 Å². The molecule has 7 heteroatoms. The van der Waals surface area contributed by atoms with Gasteiger partial charge in [0.25, 0.3) is 0 Å². The smallest absolute Gasteiger partial charge is 0.224 e. The second-order valence-electron chi connectivity index (χ2n) is 7.81. The first-order valence-electron chi connectivity index (χ1n) is 10.8. The number of rotatable bonds is 8. The molecule has 0 aliphatic rings. The minimum absolute atomic E-state index is 0.0649. The molecule has 1 N–H and O–H groups in total. The number of hydrogen-bond donors (Lipinski definition) is 1. The lowest BCUT2D eigenvalue weighted by atomic mass is 10.0. The quantitative estimate of drug-likeness (QED) is 0.293. The van der Waals surface area contributed by atoms with Gasteiger partial charge in [-0.1, -0.05) is 47.1 Å². The monoisotopic (exact) mass is 474 g/mol. The van der Waals surface area contributed by atoms with E-state index >= 15 is 0 Å². The van der Waals surface area contributed by atoms with Crippen LogP contribution in [0.2, 0.25) is 5.02 Å². The number of anilines is 1. The molecule has 1 heterocycles. The number of ketones is 1. The van der Waals surface area contributed by atoms with Gasteiger partial charge in [0.2, 0.25) is 5.91 Å². The van der Waals surface area contributed by atoms with E-state index in [1.165, 1.54) is 0 Å². The summed E-state index contributed by atoms with van der Waals surface area (Å²) in [4.78, 5) is 25.2. The highest BCUT2D eigenvalue weighted by molar-refractivity contribution is 6.31. The van der Waals surface area contributed by atoms with Crippen LogP contribution < -0.4 is 10.1 Å². The highest BCUT2D eigenvalue weighted by Gasteiger charge is 2.14. The zero-order chi connectivity index (χ0) is 24.1. The molecule has 0 bridgehead atoms. The summed E-state index contributed by atoms with van der Waals surface area (Å²) in [6.07, 6.45) is 0.770. The third-order valence-corrected chi connectivity index (χ3v) is 5.61. The average molecular weight is 475 g/mol. The zero-order valence-corrected chi connectivity index (χ0v) is 19.6. The lowest BCUT2D eigenvalue weighted by molar-refractivity contribution is -0.116. The summed E-state index contributed by atoms with van der Waals surface area (Å²) in [7, 11) is 0. The van der Waals surface area contributed by atoms with E-state index in [9.17, 15) is 9.59 Å². The van der Waals surface area contributed by atoms with Crippen molar-refractivity contribution in [2.24, 2.45) is 0 Å². The number of nitrogens with one attached hydrogen (secondary N) is 1. The maximum atomic E-state index is 12.6. The summed E-state index contributed by atoms with van der Waals surface area (Å²) in [6.45, 7) is 3.68. The fourth-order valence-corrected chi connectivity index (χ4v) is 3.73. The molecule has 0 unspecified atom stereocenters. The maximum absolute atomic E-state index is 12.6. The summed E-state index contributed by atoms with van der Waals surface area (Å²) < 4.78 is 11.1. The van der Waals surface area contributed by atoms with Gasteiger partial charge in [-0.15, -0.1) is 0 Å². The van der Waals surface area contributed by atoms with Crippen LogP contribution in [-0.4, -0.2) is 16.8 Å². The molecule has 0 spiro atoms. The van der Waals surface area contributed by atoms with Gasteiger partial charge in [0.1, 0.15) is 11.5 Å². The molecule has 1 amide bonds. The van der Waals surface area contributed by atoms with Crippen LogP contribution in [0.1, 0.15) is 39.4 Å². The van der Waals surface area contributed by atoms with E-state index in [2.05, 4.69) is 10.5 Å². The molecule has 0 fully saturated rings. The number of ether oxygens (including phenoxy) is 1. The van der Waals surface area contributed by atoms with E-state index in [0.717, 1.165) is 11.3 Å². The van der Waals surface area contributed by atoms with Crippen LogP contribution >= 0.6 is 11.6 Å². The largest absolute Gasteiger partial charge is 0.455 e. The number of carbonyl (C=O) groups is 2. The molecular weight excluding hydrogens is 452 g/mol. The maximum Gasteiger partial charge on any atom is 0.224 e. The molecule has 0 radical (unpaired) electrons. The molecule has 3 aromatic carbocycles. The van der Waals surface area contributed by atoms with Crippen LogP contribution in [0.3, 0.4) is 0 Å². The standard InChI is InChI=1S/C27H23ClN2O4/c1-17-23(18(2)34-30-17)13-15-26(31)29-24-16-21(28)10-14-25(24)33-22-11-8-20(9-12-22)27(32)19-6-4-3-5-7-19/h3-12,14,16H,13,15H2,1-2H3,(H,29,31). The van der Waals surface area contributed by atoms with Crippen molar-refractivity contribution in [3.63, 3.8) is 0 Å². The fourth-order valence-electron chi connectivity index (χ4n) is 3.56. The van der Waals surface area contributed by atoms with Crippen molar-refractivity contribution >= 4 is 29.0 Å². The van der Waals surface area contributed by atoms with E-state index in [-0.39, 0.29) is 18.1 Å². The Morgan fingerprint density at radius 3 is 2.35 bits per heavy atom. The summed E-state index contributed by atoms with van der Waals surface area (Å²) in [5, 5.41) is 7.26. The predicted molar refractivity (Wildman–Crippen MR) is 131 cm³/mol. The van der Waals surface area contributed by atoms with Crippen LogP contribution in [0.25, 0.3) is 0 Å². The van der Waals surface area contributed by atoms with Gasteiger partial charge in [-0.2, -0.15) is 0 Å². The van der Waals surface area contributed by atoms with Gasteiger partial charge >= 0.3 is 0 Å². The van der Waals surface area contributed by atoms with Crippen LogP contribution in [0, 0.1) is 13.8 Å². The molecule has 0 aliphatic heterocycles. The first kappa shape index (κ1) is 23.3. The Balaban J connectivity index is 1.44. The number of benzene rings is 3.